The lowest BCUT2D eigenvalue weighted by molar-refractivity contribution is 0.142. The minimum absolute atomic E-state index is 0.0879. The van der Waals surface area contributed by atoms with Gasteiger partial charge in [0.1, 0.15) is 0 Å². The van der Waals surface area contributed by atoms with Crippen LogP contribution in [0.25, 0.3) is 0 Å². The molecule has 2 heterocycles. The van der Waals surface area contributed by atoms with E-state index in [9.17, 15) is 4.79 Å². The summed E-state index contributed by atoms with van der Waals surface area (Å²) in [6, 6.07) is -0.223. The molecule has 0 aromatic carbocycles. The van der Waals surface area contributed by atoms with Crippen LogP contribution in [0.3, 0.4) is 0 Å². The van der Waals surface area contributed by atoms with Gasteiger partial charge in [-0.05, 0) is 13.3 Å². The van der Waals surface area contributed by atoms with E-state index in [1.807, 2.05) is 12.3 Å². The van der Waals surface area contributed by atoms with Crippen molar-refractivity contribution in [2.45, 2.75) is 26.3 Å². The van der Waals surface area contributed by atoms with Crippen LogP contribution < -0.4 is 10.7 Å². The number of urea groups is 1. The van der Waals surface area contributed by atoms with Crippen molar-refractivity contribution >= 4 is 17.4 Å². The number of thiazole rings is 1. The molecule has 0 aliphatic carbocycles. The number of hydrazine groups is 1. The summed E-state index contributed by atoms with van der Waals surface area (Å²) >= 11 is 1.63. The number of aryl methyl sites for hydroxylation is 1. The summed E-state index contributed by atoms with van der Waals surface area (Å²) in [5.41, 5.74) is 3.95. The first-order chi connectivity index (χ1) is 9.20. The van der Waals surface area contributed by atoms with Crippen molar-refractivity contribution in [3.05, 3.63) is 16.1 Å². The zero-order valence-corrected chi connectivity index (χ0v) is 12.1. The Morgan fingerprint density at radius 1 is 1.68 bits per heavy atom. The van der Waals surface area contributed by atoms with E-state index in [4.69, 9.17) is 4.74 Å². The fourth-order valence-electron chi connectivity index (χ4n) is 1.79. The van der Waals surface area contributed by atoms with Gasteiger partial charge in [-0.1, -0.05) is 6.92 Å². The molecular weight excluding hydrogens is 264 g/mol. The number of amides is 2. The number of carbonyl (C=O) groups excluding carboxylic acids is 1. The molecule has 0 spiro atoms. The third kappa shape index (κ3) is 3.89. The molecule has 1 aliphatic heterocycles. The Bertz CT molecular complexity index is 416. The molecular formula is C12H20N4O2S. The zero-order valence-electron chi connectivity index (χ0n) is 11.3. The van der Waals surface area contributed by atoms with Gasteiger partial charge in [-0.3, -0.25) is 5.01 Å². The molecule has 106 valence electrons. The molecule has 1 atom stereocenters. The number of carbonyl (C=O) groups is 1. The number of ether oxygens (including phenoxy) is 1. The molecule has 0 bridgehead atoms. The fourth-order valence-corrected chi connectivity index (χ4v) is 2.62. The molecule has 7 heteroatoms. The van der Waals surface area contributed by atoms with Gasteiger partial charge in [0.05, 0.1) is 36.5 Å². The highest BCUT2D eigenvalue weighted by molar-refractivity contribution is 7.09. The van der Waals surface area contributed by atoms with Crippen LogP contribution in [-0.4, -0.2) is 42.3 Å². The van der Waals surface area contributed by atoms with Gasteiger partial charge in [0, 0.05) is 11.9 Å². The molecule has 19 heavy (non-hydrogen) atoms. The molecule has 2 amide bonds. The molecule has 0 saturated carbocycles. The van der Waals surface area contributed by atoms with Crippen LogP contribution in [-0.2, 0) is 11.2 Å². The number of hydrogen-bond donors (Lipinski definition) is 2. The largest absolute Gasteiger partial charge is 0.378 e. The molecule has 2 rings (SSSR count). The van der Waals surface area contributed by atoms with Crippen LogP contribution in [0.15, 0.2) is 5.38 Å². The van der Waals surface area contributed by atoms with E-state index in [0.717, 1.165) is 17.1 Å². The number of hydrogen-bond acceptors (Lipinski definition) is 5. The summed E-state index contributed by atoms with van der Waals surface area (Å²) in [5, 5.41) is 7.61. The van der Waals surface area contributed by atoms with E-state index in [1.165, 1.54) is 0 Å². The summed E-state index contributed by atoms with van der Waals surface area (Å²) in [7, 11) is 0. The van der Waals surface area contributed by atoms with Crippen molar-refractivity contribution in [1.29, 1.82) is 0 Å². The second-order valence-corrected chi connectivity index (χ2v) is 5.31. The van der Waals surface area contributed by atoms with Gasteiger partial charge in [0.15, 0.2) is 0 Å². The first-order valence-corrected chi connectivity index (χ1v) is 7.42. The van der Waals surface area contributed by atoms with Gasteiger partial charge in [0.2, 0.25) is 0 Å². The average molecular weight is 284 g/mol. The first-order valence-electron chi connectivity index (χ1n) is 6.54. The average Bonchev–Trinajstić information content (AvgIpc) is 2.73. The normalized spacial score (nSPS) is 17.9. The number of rotatable bonds is 3. The Morgan fingerprint density at radius 2 is 2.53 bits per heavy atom. The first kappa shape index (κ1) is 14.2. The van der Waals surface area contributed by atoms with Gasteiger partial charge in [-0.25, -0.2) is 15.2 Å². The van der Waals surface area contributed by atoms with Crippen LogP contribution in [0.5, 0.6) is 0 Å². The van der Waals surface area contributed by atoms with Crippen molar-refractivity contribution in [3.63, 3.8) is 0 Å². The molecule has 1 unspecified atom stereocenters. The number of nitrogens with zero attached hydrogens (tertiary/aromatic N) is 2. The third-order valence-corrected chi connectivity index (χ3v) is 3.92. The van der Waals surface area contributed by atoms with Gasteiger partial charge >= 0.3 is 6.03 Å². The zero-order chi connectivity index (χ0) is 13.7. The van der Waals surface area contributed by atoms with Crippen LogP contribution in [0.4, 0.5) is 4.79 Å². The Labute approximate surface area is 117 Å². The van der Waals surface area contributed by atoms with E-state index in [2.05, 4.69) is 22.7 Å². The summed E-state index contributed by atoms with van der Waals surface area (Å²) in [5.74, 6) is 0. The van der Waals surface area contributed by atoms with Crippen LogP contribution in [0.2, 0.25) is 0 Å². The van der Waals surface area contributed by atoms with Crippen molar-refractivity contribution in [2.24, 2.45) is 0 Å². The van der Waals surface area contributed by atoms with Crippen molar-refractivity contribution in [1.82, 2.24) is 20.7 Å². The maximum Gasteiger partial charge on any atom is 0.332 e. The second-order valence-electron chi connectivity index (χ2n) is 4.36. The molecule has 2 N–H and O–H groups in total. The summed E-state index contributed by atoms with van der Waals surface area (Å²) in [4.78, 5) is 16.6. The van der Waals surface area contributed by atoms with Gasteiger partial charge in [-0.15, -0.1) is 11.3 Å². The Balaban J connectivity index is 1.90. The smallest absolute Gasteiger partial charge is 0.332 e. The SMILES string of the molecule is CCc1nc(C(C)NC(=O)N2CCOCCN2)cs1. The van der Waals surface area contributed by atoms with Crippen LogP contribution >= 0.6 is 11.3 Å². The van der Waals surface area contributed by atoms with Gasteiger partial charge < -0.3 is 10.1 Å². The fraction of sp³-hybridized carbons (Fsp3) is 0.667. The monoisotopic (exact) mass is 284 g/mol. The summed E-state index contributed by atoms with van der Waals surface area (Å²) in [6.45, 7) is 6.42. The van der Waals surface area contributed by atoms with E-state index in [1.54, 1.807) is 16.3 Å². The molecule has 1 aliphatic rings. The second kappa shape index (κ2) is 6.83. The lowest BCUT2D eigenvalue weighted by Gasteiger charge is -2.22. The van der Waals surface area contributed by atoms with Crippen LogP contribution in [0.1, 0.15) is 30.6 Å². The van der Waals surface area contributed by atoms with Crippen molar-refractivity contribution < 1.29 is 9.53 Å². The van der Waals surface area contributed by atoms with Crippen LogP contribution in [0, 0.1) is 0 Å². The topological polar surface area (TPSA) is 66.5 Å². The van der Waals surface area contributed by atoms with Gasteiger partial charge in [0.25, 0.3) is 0 Å². The highest BCUT2D eigenvalue weighted by Gasteiger charge is 2.19. The van der Waals surface area contributed by atoms with E-state index in [0.29, 0.717) is 26.3 Å². The Hall–Kier alpha value is -1.18. The molecule has 1 fully saturated rings. The quantitative estimate of drug-likeness (QED) is 0.878. The number of nitrogens with one attached hydrogen (secondary N) is 2. The van der Waals surface area contributed by atoms with Gasteiger partial charge in [-0.2, -0.15) is 0 Å². The molecule has 1 aromatic heterocycles. The molecule has 0 radical (unpaired) electrons. The molecule has 6 nitrogen and oxygen atoms in total. The van der Waals surface area contributed by atoms with E-state index >= 15 is 0 Å². The predicted molar refractivity (Wildman–Crippen MR) is 74.0 cm³/mol. The maximum absolute atomic E-state index is 12.1. The number of aromatic nitrogens is 1. The highest BCUT2D eigenvalue weighted by atomic mass is 32.1. The standard InChI is InChI=1S/C12H20N4O2S/c1-3-11-15-10(8-19-11)9(2)14-12(17)16-5-7-18-6-4-13-16/h8-9,13H,3-7H2,1-2H3,(H,14,17). The molecule has 1 saturated heterocycles. The minimum Gasteiger partial charge on any atom is -0.378 e. The summed E-state index contributed by atoms with van der Waals surface area (Å²) in [6.07, 6.45) is 0.927. The minimum atomic E-state index is -0.135. The van der Waals surface area contributed by atoms with E-state index in [-0.39, 0.29) is 12.1 Å². The Kier molecular flexibility index (Phi) is 5.12. The summed E-state index contributed by atoms with van der Waals surface area (Å²) < 4.78 is 5.29. The lowest BCUT2D eigenvalue weighted by atomic mass is 10.2. The highest BCUT2D eigenvalue weighted by Crippen LogP contribution is 2.17. The predicted octanol–water partition coefficient (Wildman–Crippen LogP) is 1.31. The maximum atomic E-state index is 12.1. The van der Waals surface area contributed by atoms with Crippen molar-refractivity contribution in [2.75, 3.05) is 26.3 Å². The van der Waals surface area contributed by atoms with Crippen molar-refractivity contribution in [3.8, 4) is 0 Å². The van der Waals surface area contributed by atoms with E-state index < -0.39 is 0 Å². The molecule has 1 aromatic rings. The third-order valence-electron chi connectivity index (χ3n) is 2.91. The lowest BCUT2D eigenvalue weighted by Crippen LogP contribution is -2.49. The Morgan fingerprint density at radius 3 is 3.26 bits per heavy atom.